The molecule has 0 unspecified atom stereocenters. The molecule has 3 nitrogen and oxygen atoms in total. The summed E-state index contributed by atoms with van der Waals surface area (Å²) in [5, 5.41) is 5.78. The molecule has 2 aromatic carbocycles. The molecule has 0 aliphatic carbocycles. The van der Waals surface area contributed by atoms with E-state index in [0.717, 1.165) is 22.5 Å². The Hall–Kier alpha value is -2.81. The first-order valence-corrected chi connectivity index (χ1v) is 6.59. The highest BCUT2D eigenvalue weighted by Gasteiger charge is 2.08. The van der Waals surface area contributed by atoms with Gasteiger partial charge in [-0.05, 0) is 24.3 Å². The highest BCUT2D eigenvalue weighted by molar-refractivity contribution is 6.10. The molecule has 0 bridgehead atoms. The van der Waals surface area contributed by atoms with Gasteiger partial charge in [-0.15, -0.1) is 0 Å². The average molecular weight is 259 g/mol. The zero-order valence-corrected chi connectivity index (χ0v) is 10.8. The van der Waals surface area contributed by atoms with Crippen molar-refractivity contribution in [2.75, 3.05) is 5.32 Å². The van der Waals surface area contributed by atoms with Crippen molar-refractivity contribution in [3.05, 3.63) is 66.9 Å². The Labute approximate surface area is 116 Å². The second-order valence-electron chi connectivity index (χ2n) is 4.74. The van der Waals surface area contributed by atoms with E-state index in [4.69, 9.17) is 0 Å². The van der Waals surface area contributed by atoms with Gasteiger partial charge in [-0.1, -0.05) is 36.4 Å². The SMILES string of the molecule is c1ccc(Nc2nccc3c2[nH]c2ccccc23)cc1. The summed E-state index contributed by atoms with van der Waals surface area (Å²) in [7, 11) is 0. The monoisotopic (exact) mass is 259 g/mol. The van der Waals surface area contributed by atoms with Gasteiger partial charge in [0.25, 0.3) is 0 Å². The van der Waals surface area contributed by atoms with Crippen molar-refractivity contribution in [3.63, 3.8) is 0 Å². The van der Waals surface area contributed by atoms with Gasteiger partial charge in [0.15, 0.2) is 5.82 Å². The summed E-state index contributed by atoms with van der Waals surface area (Å²) in [6, 6.07) is 20.4. The molecule has 0 amide bonds. The molecular formula is C17H13N3. The van der Waals surface area contributed by atoms with E-state index in [2.05, 4.69) is 33.5 Å². The predicted molar refractivity (Wildman–Crippen MR) is 83.3 cm³/mol. The molecule has 0 atom stereocenters. The van der Waals surface area contributed by atoms with Crippen LogP contribution in [0.1, 0.15) is 0 Å². The summed E-state index contributed by atoms with van der Waals surface area (Å²) >= 11 is 0. The van der Waals surface area contributed by atoms with Gasteiger partial charge < -0.3 is 10.3 Å². The number of hydrogen-bond donors (Lipinski definition) is 2. The Morgan fingerprint density at radius 3 is 2.50 bits per heavy atom. The Bertz CT molecular complexity index is 878. The third-order valence-electron chi connectivity index (χ3n) is 3.46. The number of fused-ring (bicyclic) bond motifs is 3. The van der Waals surface area contributed by atoms with Crippen LogP contribution >= 0.6 is 0 Å². The van der Waals surface area contributed by atoms with Crippen LogP contribution in [0.2, 0.25) is 0 Å². The number of anilines is 2. The van der Waals surface area contributed by atoms with Crippen molar-refractivity contribution in [1.82, 2.24) is 9.97 Å². The van der Waals surface area contributed by atoms with Crippen molar-refractivity contribution in [1.29, 1.82) is 0 Å². The van der Waals surface area contributed by atoms with Gasteiger partial charge in [0.05, 0.1) is 5.52 Å². The van der Waals surface area contributed by atoms with Crippen LogP contribution in [0, 0.1) is 0 Å². The molecule has 2 heterocycles. The lowest BCUT2D eigenvalue weighted by atomic mass is 10.2. The number of hydrogen-bond acceptors (Lipinski definition) is 2. The molecule has 2 N–H and O–H groups in total. The Morgan fingerprint density at radius 1 is 0.800 bits per heavy atom. The van der Waals surface area contributed by atoms with Crippen molar-refractivity contribution in [3.8, 4) is 0 Å². The van der Waals surface area contributed by atoms with Gasteiger partial charge in [0, 0.05) is 28.2 Å². The number of benzene rings is 2. The van der Waals surface area contributed by atoms with Crippen LogP contribution in [0.3, 0.4) is 0 Å². The van der Waals surface area contributed by atoms with E-state index in [1.807, 2.05) is 48.7 Å². The molecule has 20 heavy (non-hydrogen) atoms. The zero-order valence-electron chi connectivity index (χ0n) is 10.8. The van der Waals surface area contributed by atoms with Crippen LogP contribution in [-0.4, -0.2) is 9.97 Å². The summed E-state index contributed by atoms with van der Waals surface area (Å²) in [5.74, 6) is 0.852. The van der Waals surface area contributed by atoms with Crippen molar-refractivity contribution in [2.45, 2.75) is 0 Å². The van der Waals surface area contributed by atoms with Crippen LogP contribution in [0.5, 0.6) is 0 Å². The molecule has 96 valence electrons. The smallest absolute Gasteiger partial charge is 0.154 e. The fraction of sp³-hybridized carbons (Fsp3) is 0. The summed E-state index contributed by atoms with van der Waals surface area (Å²) in [4.78, 5) is 7.90. The first-order chi connectivity index (χ1) is 9.92. The number of para-hydroxylation sites is 2. The standard InChI is InChI=1S/C17H13N3/c1-2-6-12(7-3-1)19-17-16-14(10-11-18-17)13-8-4-5-9-15(13)20-16/h1-11,20H,(H,18,19). The number of pyridine rings is 1. The molecule has 0 spiro atoms. The van der Waals surface area contributed by atoms with Crippen molar-refractivity contribution >= 4 is 33.3 Å². The number of nitrogens with one attached hydrogen (secondary N) is 2. The summed E-state index contributed by atoms with van der Waals surface area (Å²) in [6.45, 7) is 0. The summed E-state index contributed by atoms with van der Waals surface area (Å²) < 4.78 is 0. The predicted octanol–water partition coefficient (Wildman–Crippen LogP) is 4.46. The molecule has 2 aromatic heterocycles. The van der Waals surface area contributed by atoms with E-state index in [9.17, 15) is 0 Å². The molecule has 0 fully saturated rings. The quantitative estimate of drug-likeness (QED) is 0.558. The van der Waals surface area contributed by atoms with Crippen LogP contribution < -0.4 is 5.32 Å². The van der Waals surface area contributed by atoms with E-state index >= 15 is 0 Å². The van der Waals surface area contributed by atoms with Crippen LogP contribution in [0.4, 0.5) is 11.5 Å². The Balaban J connectivity index is 1.91. The van der Waals surface area contributed by atoms with Crippen LogP contribution in [0.15, 0.2) is 66.9 Å². The van der Waals surface area contributed by atoms with E-state index in [1.165, 1.54) is 10.8 Å². The minimum absolute atomic E-state index is 0.852. The maximum atomic E-state index is 4.46. The molecule has 0 aliphatic heterocycles. The fourth-order valence-electron chi connectivity index (χ4n) is 2.53. The van der Waals surface area contributed by atoms with Gasteiger partial charge in [-0.25, -0.2) is 4.98 Å². The van der Waals surface area contributed by atoms with E-state index in [0.29, 0.717) is 0 Å². The lowest BCUT2D eigenvalue weighted by molar-refractivity contribution is 1.32. The number of rotatable bonds is 2. The average Bonchev–Trinajstić information content (AvgIpc) is 2.88. The minimum Gasteiger partial charge on any atom is -0.351 e. The first-order valence-electron chi connectivity index (χ1n) is 6.59. The van der Waals surface area contributed by atoms with Gasteiger partial charge in [-0.2, -0.15) is 0 Å². The lowest BCUT2D eigenvalue weighted by Gasteiger charge is -2.06. The normalized spacial score (nSPS) is 11.0. The molecule has 0 aliphatic rings. The Kier molecular flexibility index (Phi) is 2.42. The summed E-state index contributed by atoms with van der Waals surface area (Å²) in [5.41, 5.74) is 3.20. The molecule has 0 radical (unpaired) electrons. The van der Waals surface area contributed by atoms with Gasteiger partial charge >= 0.3 is 0 Å². The molecular weight excluding hydrogens is 246 g/mol. The largest absolute Gasteiger partial charge is 0.351 e. The highest BCUT2D eigenvalue weighted by atomic mass is 15.0. The molecule has 4 aromatic rings. The van der Waals surface area contributed by atoms with E-state index < -0.39 is 0 Å². The minimum atomic E-state index is 0.852. The highest BCUT2D eigenvalue weighted by Crippen LogP contribution is 2.29. The third kappa shape index (κ3) is 1.72. The molecule has 0 saturated carbocycles. The van der Waals surface area contributed by atoms with Gasteiger partial charge in [0.2, 0.25) is 0 Å². The fourth-order valence-corrected chi connectivity index (χ4v) is 2.53. The summed E-state index contributed by atoms with van der Waals surface area (Å²) in [6.07, 6.45) is 1.84. The number of aromatic nitrogens is 2. The second-order valence-corrected chi connectivity index (χ2v) is 4.74. The number of aromatic amines is 1. The zero-order chi connectivity index (χ0) is 13.4. The Morgan fingerprint density at radius 2 is 1.60 bits per heavy atom. The number of nitrogens with zero attached hydrogens (tertiary/aromatic N) is 1. The first kappa shape index (κ1) is 11.1. The maximum absolute atomic E-state index is 4.46. The van der Waals surface area contributed by atoms with Gasteiger partial charge in [0.1, 0.15) is 0 Å². The van der Waals surface area contributed by atoms with Crippen molar-refractivity contribution in [2.24, 2.45) is 0 Å². The molecule has 4 rings (SSSR count). The third-order valence-corrected chi connectivity index (χ3v) is 3.46. The van der Waals surface area contributed by atoms with Crippen LogP contribution in [0.25, 0.3) is 21.8 Å². The van der Waals surface area contributed by atoms with E-state index in [1.54, 1.807) is 0 Å². The maximum Gasteiger partial charge on any atom is 0.154 e. The van der Waals surface area contributed by atoms with Crippen LogP contribution in [-0.2, 0) is 0 Å². The van der Waals surface area contributed by atoms with Gasteiger partial charge in [-0.3, -0.25) is 0 Å². The molecule has 3 heteroatoms. The lowest BCUT2D eigenvalue weighted by Crippen LogP contribution is -1.93. The van der Waals surface area contributed by atoms with E-state index in [-0.39, 0.29) is 0 Å². The van der Waals surface area contributed by atoms with Crippen molar-refractivity contribution < 1.29 is 0 Å². The second kappa shape index (κ2) is 4.38. The number of H-pyrrole nitrogens is 1. The molecule has 0 saturated heterocycles. The topological polar surface area (TPSA) is 40.7 Å².